The quantitative estimate of drug-likeness (QED) is 0.385. The Bertz CT molecular complexity index is 1370. The van der Waals surface area contributed by atoms with Crippen LogP contribution in [0.25, 0.3) is 17.5 Å². The summed E-state index contributed by atoms with van der Waals surface area (Å²) in [4.78, 5) is 25.8. The molecule has 0 spiro atoms. The van der Waals surface area contributed by atoms with Gasteiger partial charge in [0.25, 0.3) is 5.91 Å². The van der Waals surface area contributed by atoms with E-state index in [0.717, 1.165) is 11.1 Å². The third-order valence-electron chi connectivity index (χ3n) is 5.91. The number of rotatable bonds is 10. The molecular formula is C28H35FN6O3. The van der Waals surface area contributed by atoms with Gasteiger partial charge in [-0.3, -0.25) is 15.0 Å². The molecule has 2 heterocycles. The summed E-state index contributed by atoms with van der Waals surface area (Å²) < 4.78 is 20.0. The molecule has 10 heteroatoms. The molecule has 0 unspecified atom stereocenters. The Morgan fingerprint density at radius 3 is 2.45 bits per heavy atom. The van der Waals surface area contributed by atoms with E-state index in [1.54, 1.807) is 36.2 Å². The van der Waals surface area contributed by atoms with Crippen LogP contribution in [0.1, 0.15) is 62.9 Å². The Hall–Kier alpha value is -4.08. The van der Waals surface area contributed by atoms with Crippen LogP contribution in [0.4, 0.5) is 4.39 Å². The lowest BCUT2D eigenvalue weighted by Gasteiger charge is -2.31. The van der Waals surface area contributed by atoms with Crippen LogP contribution in [0, 0.1) is 18.2 Å². The average molecular weight is 523 g/mol. The van der Waals surface area contributed by atoms with Gasteiger partial charge < -0.3 is 14.7 Å². The highest BCUT2D eigenvalue weighted by Gasteiger charge is 2.26. The maximum Gasteiger partial charge on any atom is 0.276 e. The minimum Gasteiger partial charge on any atom is -0.361 e. The summed E-state index contributed by atoms with van der Waals surface area (Å²) in [7, 11) is 0. The fourth-order valence-electron chi connectivity index (χ4n) is 3.93. The smallest absolute Gasteiger partial charge is 0.276 e. The van der Waals surface area contributed by atoms with Crippen molar-refractivity contribution < 1.29 is 18.5 Å². The first kappa shape index (κ1) is 28.5. The molecule has 0 aliphatic carbocycles. The van der Waals surface area contributed by atoms with Crippen molar-refractivity contribution in [3.05, 3.63) is 70.8 Å². The first-order valence-electron chi connectivity index (χ1n) is 12.4. The van der Waals surface area contributed by atoms with Gasteiger partial charge in [-0.15, -0.1) is 0 Å². The van der Waals surface area contributed by atoms with Gasteiger partial charge in [-0.05, 0) is 62.9 Å². The number of nitrogens with zero attached hydrogens (tertiary/aromatic N) is 4. The number of halogens is 1. The van der Waals surface area contributed by atoms with E-state index >= 15 is 0 Å². The van der Waals surface area contributed by atoms with Gasteiger partial charge in [0.05, 0.1) is 11.2 Å². The van der Waals surface area contributed by atoms with E-state index < -0.39 is 5.54 Å². The summed E-state index contributed by atoms with van der Waals surface area (Å²) in [6.45, 7) is 12.0. The predicted octanol–water partition coefficient (Wildman–Crippen LogP) is 4.29. The lowest BCUT2D eigenvalue weighted by molar-refractivity contribution is -0.111. The molecule has 0 aliphatic heterocycles. The highest BCUT2D eigenvalue weighted by atomic mass is 19.1. The van der Waals surface area contributed by atoms with Gasteiger partial charge in [0.1, 0.15) is 17.1 Å². The number of aromatic nitrogens is 3. The molecule has 0 fully saturated rings. The van der Waals surface area contributed by atoms with Crippen molar-refractivity contribution in [3.8, 4) is 11.3 Å². The lowest BCUT2D eigenvalue weighted by atomic mass is 9.87. The monoisotopic (exact) mass is 522 g/mol. The molecule has 1 aromatic carbocycles. The maximum atomic E-state index is 13.5. The van der Waals surface area contributed by atoms with Crippen molar-refractivity contribution >= 4 is 18.5 Å². The van der Waals surface area contributed by atoms with Crippen LogP contribution in [-0.2, 0) is 10.2 Å². The van der Waals surface area contributed by atoms with E-state index in [1.807, 2.05) is 46.8 Å². The highest BCUT2D eigenvalue weighted by Crippen LogP contribution is 2.24. The van der Waals surface area contributed by atoms with Crippen LogP contribution in [-0.4, -0.2) is 50.8 Å². The van der Waals surface area contributed by atoms with Crippen molar-refractivity contribution in [1.82, 2.24) is 25.2 Å². The molecule has 0 radical (unpaired) electrons. The Morgan fingerprint density at radius 1 is 1.18 bits per heavy atom. The van der Waals surface area contributed by atoms with Gasteiger partial charge in [-0.25, -0.2) is 9.07 Å². The van der Waals surface area contributed by atoms with E-state index in [0.29, 0.717) is 30.8 Å². The standard InChI is InChI=1S/C28H35FN6O3/c1-19-15-24(33-38-19)26(37)34(17-28(5,6)31-18-36)13-7-8-14-35-25(30)22(27(2,3)4)16-23(32-35)20-9-11-21(29)12-10-20/h8-12,14-16,18,30H,7,13,17H2,1-6H3,(H,31,36)/b14-8+,30-25?. The summed E-state index contributed by atoms with van der Waals surface area (Å²) >= 11 is 0. The number of benzene rings is 1. The van der Waals surface area contributed by atoms with Crippen molar-refractivity contribution in [2.45, 2.75) is 58.9 Å². The van der Waals surface area contributed by atoms with Crippen LogP contribution in [0.5, 0.6) is 0 Å². The number of carbonyl (C=O) groups excluding carboxylic acids is 2. The number of aryl methyl sites for hydroxylation is 1. The maximum absolute atomic E-state index is 13.5. The number of hydrogen-bond donors (Lipinski definition) is 2. The van der Waals surface area contributed by atoms with Crippen molar-refractivity contribution in [2.75, 3.05) is 13.1 Å². The molecular weight excluding hydrogens is 487 g/mol. The van der Waals surface area contributed by atoms with Crippen LogP contribution in [0.3, 0.4) is 0 Å². The average Bonchev–Trinajstić information content (AvgIpc) is 3.27. The third-order valence-corrected chi connectivity index (χ3v) is 5.91. The van der Waals surface area contributed by atoms with Gasteiger partial charge in [0, 0.05) is 36.5 Å². The van der Waals surface area contributed by atoms with Gasteiger partial charge in [0.15, 0.2) is 5.69 Å². The number of carbonyl (C=O) groups is 2. The number of nitrogens with one attached hydrogen (secondary N) is 2. The van der Waals surface area contributed by atoms with Crippen LogP contribution < -0.4 is 10.8 Å². The fourth-order valence-corrected chi connectivity index (χ4v) is 3.93. The largest absolute Gasteiger partial charge is 0.361 e. The Labute approximate surface area is 221 Å². The Kier molecular flexibility index (Phi) is 8.65. The zero-order chi connectivity index (χ0) is 28.1. The number of hydrogen-bond acceptors (Lipinski definition) is 6. The minimum absolute atomic E-state index is 0.194. The van der Waals surface area contributed by atoms with Crippen molar-refractivity contribution in [1.29, 1.82) is 5.41 Å². The molecule has 2 aromatic heterocycles. The Balaban J connectivity index is 1.87. The summed E-state index contributed by atoms with van der Waals surface area (Å²) in [5, 5.41) is 19.9. The van der Waals surface area contributed by atoms with Gasteiger partial charge >= 0.3 is 0 Å². The molecule has 0 saturated heterocycles. The minimum atomic E-state index is -0.657. The molecule has 2 N–H and O–H groups in total. The Morgan fingerprint density at radius 2 is 1.87 bits per heavy atom. The molecule has 0 atom stereocenters. The summed E-state index contributed by atoms with van der Waals surface area (Å²) in [5.74, 6) is -0.114. The van der Waals surface area contributed by atoms with Gasteiger partial charge in [-0.2, -0.15) is 5.10 Å². The molecule has 2 amide bonds. The molecule has 38 heavy (non-hydrogen) atoms. The fraction of sp³-hybridized carbons (Fsp3) is 0.393. The van der Waals surface area contributed by atoms with Crippen molar-refractivity contribution in [3.63, 3.8) is 0 Å². The first-order chi connectivity index (χ1) is 17.8. The van der Waals surface area contributed by atoms with Crippen molar-refractivity contribution in [2.24, 2.45) is 0 Å². The second kappa shape index (κ2) is 11.5. The molecule has 0 saturated carbocycles. The zero-order valence-electron chi connectivity index (χ0n) is 22.7. The molecule has 9 nitrogen and oxygen atoms in total. The third kappa shape index (κ3) is 7.24. The van der Waals surface area contributed by atoms with E-state index in [4.69, 9.17) is 9.93 Å². The topological polar surface area (TPSA) is 117 Å². The molecule has 202 valence electrons. The summed E-state index contributed by atoms with van der Waals surface area (Å²) in [6, 6.07) is 9.52. The second-order valence-corrected chi connectivity index (χ2v) is 10.9. The molecule has 3 rings (SSSR count). The van der Waals surface area contributed by atoms with E-state index in [9.17, 15) is 14.0 Å². The molecule has 0 aliphatic rings. The lowest BCUT2D eigenvalue weighted by Crippen LogP contribution is -2.50. The van der Waals surface area contributed by atoms with Gasteiger partial charge in [0.2, 0.25) is 6.41 Å². The zero-order valence-corrected chi connectivity index (χ0v) is 22.7. The summed E-state index contributed by atoms with van der Waals surface area (Å²) in [5.41, 5.74) is 1.60. The molecule has 0 bridgehead atoms. The number of amides is 2. The van der Waals surface area contributed by atoms with E-state index in [-0.39, 0.29) is 34.9 Å². The van der Waals surface area contributed by atoms with Gasteiger partial charge in [-0.1, -0.05) is 32.0 Å². The second-order valence-electron chi connectivity index (χ2n) is 10.9. The SMILES string of the molecule is Cc1cc(C(=O)N(CC/C=C/n2nc(-c3ccc(F)cc3)cc(C(C)(C)C)c2=N)CC(C)(C)NC=O)no1. The normalized spacial score (nSPS) is 12.1. The predicted molar refractivity (Wildman–Crippen MR) is 143 cm³/mol. The van der Waals surface area contributed by atoms with E-state index in [2.05, 4.69) is 15.6 Å². The first-order valence-corrected chi connectivity index (χ1v) is 12.4. The summed E-state index contributed by atoms with van der Waals surface area (Å²) in [6.07, 6.45) is 4.60. The van der Waals surface area contributed by atoms with E-state index in [1.165, 1.54) is 16.8 Å². The van der Waals surface area contributed by atoms with Crippen LogP contribution >= 0.6 is 0 Å². The molecule has 3 aromatic rings. The van der Waals surface area contributed by atoms with Crippen LogP contribution in [0.15, 0.2) is 47.0 Å². The van der Waals surface area contributed by atoms with Crippen LogP contribution in [0.2, 0.25) is 0 Å². The highest BCUT2D eigenvalue weighted by molar-refractivity contribution is 5.92.